The summed E-state index contributed by atoms with van der Waals surface area (Å²) in [5.74, 6) is 1.04. The first-order valence-electron chi connectivity index (χ1n) is 10.2. The Kier molecular flexibility index (Phi) is 7.71. The van der Waals surface area contributed by atoms with Crippen LogP contribution < -0.4 is 13.3 Å². The van der Waals surface area contributed by atoms with E-state index in [1.807, 2.05) is 12.1 Å². The Balaban J connectivity index is 3.90. The molecule has 1 rings (SSSR count). The van der Waals surface area contributed by atoms with E-state index >= 15 is 0 Å². The van der Waals surface area contributed by atoms with Gasteiger partial charge in [-0.3, -0.25) is 4.79 Å². The topological polar surface area (TPSA) is 65.0 Å². The van der Waals surface area contributed by atoms with Gasteiger partial charge < -0.3 is 18.4 Å². The van der Waals surface area contributed by atoms with E-state index < -0.39 is 44.5 Å². The lowest BCUT2D eigenvalue weighted by molar-refractivity contribution is -0.137. The Morgan fingerprint density at radius 1 is 0.724 bits per heavy atom. The minimum atomic E-state index is -2.08. The van der Waals surface area contributed by atoms with Crippen molar-refractivity contribution in [3.8, 4) is 17.2 Å². The third-order valence-corrected chi connectivity index (χ3v) is 8.52. The maximum atomic E-state index is 12.3. The first kappa shape index (κ1) is 26.0. The lowest BCUT2D eigenvalue weighted by atomic mass is 10.1. The highest BCUT2D eigenvalue weighted by Gasteiger charge is 2.40. The van der Waals surface area contributed by atoms with Crippen LogP contribution in [0.1, 0.15) is 11.1 Å². The third kappa shape index (κ3) is 8.31. The fourth-order valence-electron chi connectivity index (χ4n) is 2.98. The molecule has 0 radical (unpaired) electrons. The molecule has 1 aromatic rings. The van der Waals surface area contributed by atoms with Gasteiger partial charge in [-0.25, -0.2) is 0 Å². The SMILES string of the molecule is C[Si](C)(C)Oc1ccc(C(C(=O)O)[Si](C)(C)C)c(O[Si](C)(C)C)c1O[Si](C)(C)C. The van der Waals surface area contributed by atoms with Crippen molar-refractivity contribution < 1.29 is 23.2 Å². The highest BCUT2D eigenvalue weighted by molar-refractivity contribution is 6.80. The predicted molar refractivity (Wildman–Crippen MR) is 132 cm³/mol. The highest BCUT2D eigenvalue weighted by Crippen LogP contribution is 2.47. The van der Waals surface area contributed by atoms with Gasteiger partial charge in [0.15, 0.2) is 11.5 Å². The molecule has 0 amide bonds. The number of carboxylic acids is 1. The van der Waals surface area contributed by atoms with Crippen molar-refractivity contribution in [1.82, 2.24) is 0 Å². The number of hydrogen-bond donors (Lipinski definition) is 1. The number of benzene rings is 1. The molecule has 0 spiro atoms. The van der Waals surface area contributed by atoms with Gasteiger partial charge in [-0.15, -0.1) is 0 Å². The maximum Gasteiger partial charge on any atom is 0.308 e. The average Bonchev–Trinajstić information content (AvgIpc) is 2.38. The monoisotopic (exact) mass is 472 g/mol. The number of hydrogen-bond acceptors (Lipinski definition) is 4. The maximum absolute atomic E-state index is 12.3. The molecule has 1 unspecified atom stereocenters. The van der Waals surface area contributed by atoms with Crippen LogP contribution in [0.4, 0.5) is 0 Å². The third-order valence-electron chi connectivity index (χ3n) is 3.76. The van der Waals surface area contributed by atoms with E-state index in [4.69, 9.17) is 13.3 Å². The normalized spacial score (nSPS) is 14.3. The van der Waals surface area contributed by atoms with Gasteiger partial charge in [-0.05, 0) is 65.0 Å². The second kappa shape index (κ2) is 8.60. The van der Waals surface area contributed by atoms with E-state index in [1.54, 1.807) is 0 Å². The van der Waals surface area contributed by atoms with E-state index in [1.165, 1.54) is 0 Å². The first-order valence-corrected chi connectivity index (χ1v) is 24.0. The van der Waals surface area contributed by atoms with Gasteiger partial charge in [0.1, 0.15) is 5.75 Å². The lowest BCUT2D eigenvalue weighted by Crippen LogP contribution is -2.39. The quantitative estimate of drug-likeness (QED) is 0.423. The van der Waals surface area contributed by atoms with Crippen LogP contribution in [-0.4, -0.2) is 44.1 Å². The lowest BCUT2D eigenvalue weighted by Gasteiger charge is -2.34. The summed E-state index contributed by atoms with van der Waals surface area (Å²) >= 11 is 0. The van der Waals surface area contributed by atoms with Gasteiger partial charge in [0.25, 0.3) is 0 Å². The van der Waals surface area contributed by atoms with Crippen LogP contribution in [-0.2, 0) is 4.79 Å². The summed E-state index contributed by atoms with van der Waals surface area (Å²) in [5.41, 5.74) is 0.133. The molecular weight excluding hydrogens is 433 g/mol. The standard InChI is InChI=1S/C20H40O5Si4/c1-26(2,3)19(20(21)22)15-13-14-16(23-27(4,5)6)18(25-29(10,11)12)17(15)24-28(7,8)9/h13-14,19H,1-12H3,(H,21,22). The number of aliphatic carboxylic acids is 1. The Morgan fingerprint density at radius 3 is 1.48 bits per heavy atom. The molecule has 0 fully saturated rings. The average molecular weight is 473 g/mol. The molecule has 1 N–H and O–H groups in total. The molecule has 0 saturated carbocycles. The Labute approximate surface area is 181 Å². The van der Waals surface area contributed by atoms with E-state index in [2.05, 4.69) is 78.6 Å². The summed E-state index contributed by atoms with van der Waals surface area (Å²) < 4.78 is 19.4. The number of rotatable bonds is 9. The van der Waals surface area contributed by atoms with E-state index in [9.17, 15) is 9.90 Å². The van der Waals surface area contributed by atoms with Gasteiger partial charge in [-0.2, -0.15) is 0 Å². The summed E-state index contributed by atoms with van der Waals surface area (Å²) in [6.45, 7) is 25.3. The van der Waals surface area contributed by atoms with Crippen LogP contribution in [0.25, 0.3) is 0 Å². The molecule has 5 nitrogen and oxygen atoms in total. The summed E-state index contributed by atoms with van der Waals surface area (Å²) in [6, 6.07) is 3.77. The molecule has 0 heterocycles. The van der Waals surface area contributed by atoms with Crippen molar-refractivity contribution >= 4 is 39.0 Å². The van der Waals surface area contributed by atoms with Crippen molar-refractivity contribution in [2.45, 2.75) is 84.1 Å². The Bertz CT molecular complexity index is 737. The molecule has 166 valence electrons. The molecule has 0 aromatic heterocycles. The summed E-state index contributed by atoms with van der Waals surface area (Å²) in [7, 11) is -8.04. The van der Waals surface area contributed by atoms with Crippen molar-refractivity contribution in [1.29, 1.82) is 0 Å². The summed E-state index contributed by atoms with van der Waals surface area (Å²) in [5, 5.41) is 10.1. The zero-order valence-electron chi connectivity index (χ0n) is 20.3. The number of carbonyl (C=O) groups is 1. The zero-order valence-corrected chi connectivity index (χ0v) is 24.3. The molecule has 29 heavy (non-hydrogen) atoms. The van der Waals surface area contributed by atoms with Crippen LogP contribution >= 0.6 is 0 Å². The Morgan fingerprint density at radius 2 is 1.14 bits per heavy atom. The molecule has 9 heteroatoms. The van der Waals surface area contributed by atoms with Crippen LogP contribution in [0, 0.1) is 0 Å². The molecule has 0 aliphatic carbocycles. The van der Waals surface area contributed by atoms with Gasteiger partial charge in [-0.1, -0.05) is 25.7 Å². The van der Waals surface area contributed by atoms with Gasteiger partial charge in [0.05, 0.1) is 13.6 Å². The van der Waals surface area contributed by atoms with Gasteiger partial charge >= 0.3 is 5.97 Å². The molecule has 0 saturated heterocycles. The van der Waals surface area contributed by atoms with Crippen molar-refractivity contribution in [3.05, 3.63) is 17.7 Å². The largest absolute Gasteiger partial charge is 0.542 e. The van der Waals surface area contributed by atoms with E-state index in [0.29, 0.717) is 17.2 Å². The molecule has 0 aliphatic rings. The smallest absolute Gasteiger partial charge is 0.308 e. The fourth-order valence-corrected chi connectivity index (χ4v) is 7.33. The molecule has 1 atom stereocenters. The molecule has 0 aliphatic heterocycles. The molecule has 1 aromatic carbocycles. The van der Waals surface area contributed by atoms with E-state index in [0.717, 1.165) is 5.56 Å². The Hall–Kier alpha value is -1.04. The van der Waals surface area contributed by atoms with Crippen molar-refractivity contribution in [3.63, 3.8) is 0 Å². The van der Waals surface area contributed by atoms with E-state index in [-0.39, 0.29) is 0 Å². The molecular formula is C20H40O5Si4. The fraction of sp³-hybridized carbons (Fsp3) is 0.650. The minimum absolute atomic E-state index is 0.581. The second-order valence-corrected chi connectivity index (χ2v) is 30.2. The zero-order chi connectivity index (χ0) is 23.0. The number of carboxylic acid groups (broad SMARTS) is 1. The highest BCUT2D eigenvalue weighted by atomic mass is 28.4. The first-order chi connectivity index (χ1) is 12.7. The van der Waals surface area contributed by atoms with Crippen LogP contribution in [0.15, 0.2) is 12.1 Å². The molecule has 0 bridgehead atoms. The summed E-state index contributed by atoms with van der Waals surface area (Å²) in [4.78, 5) is 12.3. The van der Waals surface area contributed by atoms with Crippen LogP contribution in [0.5, 0.6) is 17.2 Å². The van der Waals surface area contributed by atoms with Crippen LogP contribution in [0.2, 0.25) is 78.6 Å². The van der Waals surface area contributed by atoms with Crippen molar-refractivity contribution in [2.75, 3.05) is 0 Å². The van der Waals surface area contributed by atoms with Crippen molar-refractivity contribution in [2.24, 2.45) is 0 Å². The second-order valence-electron chi connectivity index (χ2n) is 11.6. The predicted octanol–water partition coefficient (Wildman–Crippen LogP) is 6.37. The minimum Gasteiger partial charge on any atom is -0.542 e. The van der Waals surface area contributed by atoms with Crippen LogP contribution in [0.3, 0.4) is 0 Å². The van der Waals surface area contributed by atoms with Gasteiger partial charge in [0, 0.05) is 5.56 Å². The summed E-state index contributed by atoms with van der Waals surface area (Å²) in [6.07, 6.45) is 0. The van der Waals surface area contributed by atoms with Gasteiger partial charge in [0.2, 0.25) is 25.0 Å².